The summed E-state index contributed by atoms with van der Waals surface area (Å²) in [6, 6.07) is 8.67. The molecular formula is C19H27NO. The van der Waals surface area contributed by atoms with Crippen LogP contribution < -0.4 is 5.32 Å². The molecule has 0 amide bonds. The zero-order chi connectivity index (χ0) is 14.9. The Morgan fingerprint density at radius 3 is 2.67 bits per heavy atom. The predicted molar refractivity (Wildman–Crippen MR) is 88.6 cm³/mol. The van der Waals surface area contributed by atoms with E-state index in [2.05, 4.69) is 44.3 Å². The highest BCUT2D eigenvalue weighted by molar-refractivity contribution is 5.82. The van der Waals surface area contributed by atoms with Gasteiger partial charge in [0, 0.05) is 17.5 Å². The van der Waals surface area contributed by atoms with Gasteiger partial charge >= 0.3 is 0 Å². The van der Waals surface area contributed by atoms with Crippen LogP contribution in [-0.4, -0.2) is 6.54 Å². The molecule has 1 heterocycles. The predicted octanol–water partition coefficient (Wildman–Crippen LogP) is 5.23. The van der Waals surface area contributed by atoms with Gasteiger partial charge in [-0.25, -0.2) is 0 Å². The molecule has 1 aliphatic carbocycles. The number of hydrogen-bond acceptors (Lipinski definition) is 2. The maximum Gasteiger partial charge on any atom is 0.134 e. The van der Waals surface area contributed by atoms with Gasteiger partial charge in [-0.1, -0.05) is 44.9 Å². The number of rotatable bonds is 5. The molecule has 0 radical (unpaired) electrons. The topological polar surface area (TPSA) is 25.2 Å². The van der Waals surface area contributed by atoms with Gasteiger partial charge in [-0.05, 0) is 37.7 Å². The highest BCUT2D eigenvalue weighted by Gasteiger charge is 2.29. The minimum Gasteiger partial charge on any atom is -0.459 e. The van der Waals surface area contributed by atoms with Gasteiger partial charge in [0.15, 0.2) is 0 Å². The van der Waals surface area contributed by atoms with Gasteiger partial charge in [-0.15, -0.1) is 0 Å². The van der Waals surface area contributed by atoms with E-state index < -0.39 is 0 Å². The van der Waals surface area contributed by atoms with Crippen LogP contribution in [0, 0.1) is 5.41 Å². The van der Waals surface area contributed by atoms with Gasteiger partial charge < -0.3 is 9.73 Å². The molecular weight excluding hydrogens is 258 g/mol. The number of para-hydroxylation sites is 1. The Balaban J connectivity index is 1.79. The lowest BCUT2D eigenvalue weighted by Gasteiger charge is -2.26. The van der Waals surface area contributed by atoms with Crippen molar-refractivity contribution in [1.82, 2.24) is 5.32 Å². The molecule has 21 heavy (non-hydrogen) atoms. The summed E-state index contributed by atoms with van der Waals surface area (Å²) < 4.78 is 6.14. The summed E-state index contributed by atoms with van der Waals surface area (Å²) in [5.41, 5.74) is 2.86. The Bertz CT molecular complexity index is 607. The molecule has 1 N–H and O–H groups in total. The highest BCUT2D eigenvalue weighted by Crippen LogP contribution is 2.37. The summed E-state index contributed by atoms with van der Waals surface area (Å²) in [7, 11) is 0. The molecule has 1 unspecified atom stereocenters. The average Bonchev–Trinajstić information content (AvgIpc) is 3.08. The van der Waals surface area contributed by atoms with E-state index in [0.717, 1.165) is 24.3 Å². The van der Waals surface area contributed by atoms with E-state index >= 15 is 0 Å². The molecule has 0 saturated heterocycles. The fraction of sp³-hybridized carbons (Fsp3) is 0.579. The van der Waals surface area contributed by atoms with Crippen LogP contribution in [0.5, 0.6) is 0 Å². The van der Waals surface area contributed by atoms with E-state index in [4.69, 9.17) is 4.42 Å². The van der Waals surface area contributed by atoms with Crippen molar-refractivity contribution < 1.29 is 4.42 Å². The fourth-order valence-corrected chi connectivity index (χ4v) is 3.73. The van der Waals surface area contributed by atoms with Crippen LogP contribution in [0.15, 0.2) is 28.7 Å². The van der Waals surface area contributed by atoms with Crippen molar-refractivity contribution in [1.29, 1.82) is 0 Å². The van der Waals surface area contributed by atoms with Crippen molar-refractivity contribution >= 4 is 11.0 Å². The maximum atomic E-state index is 6.14. The van der Waals surface area contributed by atoms with E-state index in [9.17, 15) is 0 Å². The van der Waals surface area contributed by atoms with Crippen molar-refractivity contribution in [2.75, 3.05) is 6.54 Å². The summed E-state index contributed by atoms with van der Waals surface area (Å²) in [5, 5.41) is 5.00. The number of fused-ring (bicyclic) bond motifs is 1. The van der Waals surface area contributed by atoms with E-state index in [-0.39, 0.29) is 6.04 Å². The SMILES string of the molecule is CCc1c(C(C)NCC2(C)CCCC2)oc2ccccc12. The van der Waals surface area contributed by atoms with Gasteiger partial charge in [0.1, 0.15) is 11.3 Å². The first-order chi connectivity index (χ1) is 10.1. The molecule has 1 aromatic heterocycles. The number of hydrogen-bond donors (Lipinski definition) is 1. The fourth-order valence-electron chi connectivity index (χ4n) is 3.73. The largest absolute Gasteiger partial charge is 0.459 e. The molecule has 1 saturated carbocycles. The Labute approximate surface area is 127 Å². The van der Waals surface area contributed by atoms with Crippen LogP contribution in [0.2, 0.25) is 0 Å². The molecule has 1 aromatic carbocycles. The zero-order valence-corrected chi connectivity index (χ0v) is 13.5. The molecule has 0 spiro atoms. The number of furan rings is 1. The summed E-state index contributed by atoms with van der Waals surface area (Å²) >= 11 is 0. The van der Waals surface area contributed by atoms with Crippen LogP contribution >= 0.6 is 0 Å². The Hall–Kier alpha value is -1.28. The van der Waals surface area contributed by atoms with Crippen molar-refractivity contribution in [3.05, 3.63) is 35.6 Å². The third-order valence-electron chi connectivity index (χ3n) is 5.12. The monoisotopic (exact) mass is 285 g/mol. The highest BCUT2D eigenvalue weighted by atomic mass is 16.3. The summed E-state index contributed by atoms with van der Waals surface area (Å²) in [6.07, 6.45) is 6.51. The smallest absolute Gasteiger partial charge is 0.134 e. The molecule has 3 rings (SSSR count). The number of nitrogens with one attached hydrogen (secondary N) is 1. The second kappa shape index (κ2) is 5.84. The molecule has 114 valence electrons. The van der Waals surface area contributed by atoms with E-state index in [1.54, 1.807) is 0 Å². The van der Waals surface area contributed by atoms with Crippen molar-refractivity contribution in [3.8, 4) is 0 Å². The standard InChI is InChI=1S/C19H27NO/c1-4-15-16-9-5-6-10-17(16)21-18(15)14(2)20-13-19(3)11-7-8-12-19/h5-6,9-10,14,20H,4,7-8,11-13H2,1-3H3. The first-order valence-electron chi connectivity index (χ1n) is 8.37. The van der Waals surface area contributed by atoms with Crippen LogP contribution in [0.1, 0.15) is 63.8 Å². The van der Waals surface area contributed by atoms with Crippen molar-refractivity contribution in [2.24, 2.45) is 5.41 Å². The lowest BCUT2D eigenvalue weighted by Crippen LogP contribution is -2.31. The zero-order valence-electron chi connectivity index (χ0n) is 13.5. The van der Waals surface area contributed by atoms with Crippen LogP contribution in [-0.2, 0) is 6.42 Å². The minimum absolute atomic E-state index is 0.282. The second-order valence-corrected chi connectivity index (χ2v) is 6.91. The van der Waals surface area contributed by atoms with Crippen LogP contribution in [0.3, 0.4) is 0 Å². The molecule has 1 fully saturated rings. The molecule has 2 aromatic rings. The van der Waals surface area contributed by atoms with Gasteiger partial charge in [0.25, 0.3) is 0 Å². The van der Waals surface area contributed by atoms with Crippen LogP contribution in [0.4, 0.5) is 0 Å². The van der Waals surface area contributed by atoms with Gasteiger partial charge in [-0.3, -0.25) is 0 Å². The van der Waals surface area contributed by atoms with E-state index in [0.29, 0.717) is 5.41 Å². The minimum atomic E-state index is 0.282. The number of aryl methyl sites for hydroxylation is 1. The van der Waals surface area contributed by atoms with Gasteiger partial charge in [-0.2, -0.15) is 0 Å². The molecule has 1 atom stereocenters. The molecule has 0 bridgehead atoms. The van der Waals surface area contributed by atoms with E-state index in [1.807, 2.05) is 6.07 Å². The van der Waals surface area contributed by atoms with Crippen molar-refractivity contribution in [2.45, 2.75) is 58.9 Å². The number of benzene rings is 1. The Morgan fingerprint density at radius 2 is 1.95 bits per heavy atom. The quantitative estimate of drug-likeness (QED) is 0.814. The molecule has 2 nitrogen and oxygen atoms in total. The lowest BCUT2D eigenvalue weighted by atomic mass is 9.88. The first-order valence-corrected chi connectivity index (χ1v) is 8.37. The maximum absolute atomic E-state index is 6.14. The first kappa shape index (κ1) is 14.6. The van der Waals surface area contributed by atoms with Gasteiger partial charge in [0.2, 0.25) is 0 Å². The Morgan fingerprint density at radius 1 is 1.24 bits per heavy atom. The van der Waals surface area contributed by atoms with E-state index in [1.165, 1.54) is 36.6 Å². The molecule has 0 aliphatic heterocycles. The third kappa shape index (κ3) is 2.87. The summed E-state index contributed by atoms with van der Waals surface area (Å²) in [6.45, 7) is 7.95. The normalized spacial score (nSPS) is 19.2. The Kier molecular flexibility index (Phi) is 4.08. The van der Waals surface area contributed by atoms with Crippen molar-refractivity contribution in [3.63, 3.8) is 0 Å². The average molecular weight is 285 g/mol. The summed E-state index contributed by atoms with van der Waals surface area (Å²) in [5.74, 6) is 1.13. The lowest BCUT2D eigenvalue weighted by molar-refractivity contribution is 0.292. The second-order valence-electron chi connectivity index (χ2n) is 6.91. The third-order valence-corrected chi connectivity index (χ3v) is 5.12. The summed E-state index contributed by atoms with van der Waals surface area (Å²) in [4.78, 5) is 0. The molecule has 2 heteroatoms. The molecule has 1 aliphatic rings. The van der Waals surface area contributed by atoms with Crippen LogP contribution in [0.25, 0.3) is 11.0 Å². The van der Waals surface area contributed by atoms with Gasteiger partial charge in [0.05, 0.1) is 6.04 Å².